The van der Waals surface area contributed by atoms with Gasteiger partial charge in [-0.15, -0.1) is 0 Å². The highest BCUT2D eigenvalue weighted by Crippen LogP contribution is 2.33. The minimum atomic E-state index is 0.342. The number of anilines is 1. The molecule has 0 bridgehead atoms. The Morgan fingerprint density at radius 1 is 1.04 bits per heavy atom. The van der Waals surface area contributed by atoms with Gasteiger partial charge in [0, 0.05) is 44.6 Å². The molecule has 0 aromatic carbocycles. The van der Waals surface area contributed by atoms with Crippen molar-refractivity contribution in [2.45, 2.75) is 25.7 Å². The highest BCUT2D eigenvalue weighted by molar-refractivity contribution is 5.58. The van der Waals surface area contributed by atoms with Crippen LogP contribution in [-0.4, -0.2) is 37.6 Å². The molecule has 1 unspecified atom stereocenters. The molecule has 4 rings (SSSR count). The lowest BCUT2D eigenvalue weighted by molar-refractivity contribution is 0.498. The van der Waals surface area contributed by atoms with Gasteiger partial charge in [-0.3, -0.25) is 9.97 Å². The summed E-state index contributed by atoms with van der Waals surface area (Å²) >= 11 is 0. The van der Waals surface area contributed by atoms with Gasteiger partial charge in [-0.2, -0.15) is 0 Å². The quantitative estimate of drug-likeness (QED) is 0.737. The van der Waals surface area contributed by atoms with E-state index in [0.29, 0.717) is 5.92 Å². The smallest absolute Gasteiger partial charge is 0.128 e. The maximum atomic E-state index is 4.71. The van der Waals surface area contributed by atoms with Gasteiger partial charge in [0.15, 0.2) is 0 Å². The summed E-state index contributed by atoms with van der Waals surface area (Å²) in [5.74, 6) is 2.36. The van der Waals surface area contributed by atoms with Gasteiger partial charge in [0.25, 0.3) is 0 Å². The molecular weight excluding hydrogens is 312 g/mol. The number of imidazole rings is 1. The zero-order chi connectivity index (χ0) is 17.2. The normalized spacial score (nSPS) is 17.7. The Kier molecular flexibility index (Phi) is 4.17. The zero-order valence-corrected chi connectivity index (χ0v) is 14.6. The lowest BCUT2D eigenvalue weighted by Crippen LogP contribution is -2.35. The summed E-state index contributed by atoms with van der Waals surface area (Å²) in [5, 5.41) is 0. The third kappa shape index (κ3) is 2.99. The molecule has 4 heterocycles. The van der Waals surface area contributed by atoms with Gasteiger partial charge in [0.05, 0.1) is 17.6 Å². The Morgan fingerprint density at radius 3 is 2.68 bits per heavy atom. The molecule has 3 aromatic heterocycles. The summed E-state index contributed by atoms with van der Waals surface area (Å²) in [6, 6.07) is 6.07. The predicted octanol–water partition coefficient (Wildman–Crippen LogP) is 2.96. The summed E-state index contributed by atoms with van der Waals surface area (Å²) in [6.45, 7) is 3.95. The average Bonchev–Trinajstić information content (AvgIpc) is 3.01. The Bertz CT molecular complexity index is 857. The molecule has 25 heavy (non-hydrogen) atoms. The van der Waals surface area contributed by atoms with Gasteiger partial charge in [0.2, 0.25) is 0 Å². The van der Waals surface area contributed by atoms with E-state index in [1.165, 1.54) is 0 Å². The van der Waals surface area contributed by atoms with Gasteiger partial charge in [0.1, 0.15) is 17.3 Å². The first-order chi connectivity index (χ1) is 12.2. The topological polar surface area (TPSA) is 59.7 Å². The molecule has 128 valence electrons. The molecule has 0 aliphatic carbocycles. The second-order valence-electron chi connectivity index (χ2n) is 6.51. The minimum absolute atomic E-state index is 0.342. The van der Waals surface area contributed by atoms with Crippen molar-refractivity contribution < 1.29 is 0 Å². The second-order valence-corrected chi connectivity index (χ2v) is 6.51. The van der Waals surface area contributed by atoms with Crippen LogP contribution in [0, 0.1) is 6.92 Å². The maximum absolute atomic E-state index is 4.71. The van der Waals surface area contributed by atoms with Crippen molar-refractivity contribution in [3.63, 3.8) is 0 Å². The van der Waals surface area contributed by atoms with Crippen LogP contribution < -0.4 is 4.90 Å². The van der Waals surface area contributed by atoms with E-state index in [1.54, 1.807) is 12.4 Å². The monoisotopic (exact) mass is 334 g/mol. The molecular formula is C19H22N6. The van der Waals surface area contributed by atoms with Crippen LogP contribution in [0.5, 0.6) is 0 Å². The van der Waals surface area contributed by atoms with E-state index in [1.807, 2.05) is 38.5 Å². The molecule has 0 amide bonds. The van der Waals surface area contributed by atoms with Crippen LogP contribution in [0.2, 0.25) is 0 Å². The molecule has 1 fully saturated rings. The Morgan fingerprint density at radius 2 is 1.92 bits per heavy atom. The van der Waals surface area contributed by atoms with Crippen molar-refractivity contribution in [1.29, 1.82) is 0 Å². The number of aromatic nitrogens is 5. The van der Waals surface area contributed by atoms with Crippen LogP contribution in [0.25, 0.3) is 11.4 Å². The first kappa shape index (κ1) is 15.7. The van der Waals surface area contributed by atoms with Crippen molar-refractivity contribution >= 4 is 5.82 Å². The van der Waals surface area contributed by atoms with E-state index >= 15 is 0 Å². The SMILES string of the molecule is Cc1ncc(-c2nccnc2C2CCCN(c3ccccn3)C2)n1C. The van der Waals surface area contributed by atoms with Gasteiger partial charge in [-0.05, 0) is 31.9 Å². The third-order valence-electron chi connectivity index (χ3n) is 4.97. The molecule has 6 nitrogen and oxygen atoms in total. The van der Waals surface area contributed by atoms with E-state index in [4.69, 9.17) is 4.98 Å². The van der Waals surface area contributed by atoms with Crippen LogP contribution in [0.4, 0.5) is 5.82 Å². The zero-order valence-electron chi connectivity index (χ0n) is 14.6. The molecule has 1 aliphatic rings. The van der Waals surface area contributed by atoms with Crippen molar-refractivity contribution in [1.82, 2.24) is 24.5 Å². The van der Waals surface area contributed by atoms with E-state index in [-0.39, 0.29) is 0 Å². The van der Waals surface area contributed by atoms with Crippen molar-refractivity contribution in [3.8, 4) is 11.4 Å². The van der Waals surface area contributed by atoms with E-state index in [0.717, 1.165) is 54.7 Å². The van der Waals surface area contributed by atoms with Crippen LogP contribution >= 0.6 is 0 Å². The van der Waals surface area contributed by atoms with Crippen molar-refractivity contribution in [2.75, 3.05) is 18.0 Å². The van der Waals surface area contributed by atoms with Gasteiger partial charge >= 0.3 is 0 Å². The van der Waals surface area contributed by atoms with Crippen LogP contribution in [0.15, 0.2) is 43.0 Å². The number of aryl methyl sites for hydroxylation is 1. The Hall–Kier alpha value is -2.76. The molecule has 0 spiro atoms. The van der Waals surface area contributed by atoms with Crippen LogP contribution in [0.1, 0.15) is 30.3 Å². The molecule has 0 N–H and O–H groups in total. The lowest BCUT2D eigenvalue weighted by Gasteiger charge is -2.33. The molecule has 6 heteroatoms. The highest BCUT2D eigenvalue weighted by atomic mass is 15.2. The number of hydrogen-bond acceptors (Lipinski definition) is 5. The summed E-state index contributed by atoms with van der Waals surface area (Å²) in [6.07, 6.45) is 9.54. The average molecular weight is 334 g/mol. The molecule has 1 atom stereocenters. The number of rotatable bonds is 3. The molecule has 1 aliphatic heterocycles. The summed E-state index contributed by atoms with van der Waals surface area (Å²) in [5.41, 5.74) is 3.03. The fourth-order valence-corrected chi connectivity index (χ4v) is 3.52. The standard InChI is InChI=1S/C19H22N6/c1-14-23-12-16(24(14)2)19-18(21-9-10-22-19)15-6-5-11-25(13-15)17-7-3-4-8-20-17/h3-4,7-10,12,15H,5-6,11,13H2,1-2H3. The number of pyridine rings is 1. The lowest BCUT2D eigenvalue weighted by atomic mass is 9.92. The summed E-state index contributed by atoms with van der Waals surface area (Å²) in [4.78, 5) is 20.6. The first-order valence-electron chi connectivity index (χ1n) is 8.69. The van der Waals surface area contributed by atoms with E-state index in [9.17, 15) is 0 Å². The number of piperidine rings is 1. The van der Waals surface area contributed by atoms with Crippen molar-refractivity contribution in [2.24, 2.45) is 7.05 Å². The van der Waals surface area contributed by atoms with Crippen LogP contribution in [0.3, 0.4) is 0 Å². The molecule has 1 saturated heterocycles. The number of hydrogen-bond donors (Lipinski definition) is 0. The van der Waals surface area contributed by atoms with Crippen molar-refractivity contribution in [3.05, 3.63) is 54.5 Å². The summed E-state index contributed by atoms with van der Waals surface area (Å²) in [7, 11) is 2.02. The maximum Gasteiger partial charge on any atom is 0.128 e. The van der Waals surface area contributed by atoms with Gasteiger partial charge in [-0.25, -0.2) is 9.97 Å². The summed E-state index contributed by atoms with van der Waals surface area (Å²) < 4.78 is 2.08. The van der Waals surface area contributed by atoms with Gasteiger partial charge in [-0.1, -0.05) is 6.07 Å². The molecule has 0 saturated carbocycles. The number of nitrogens with zero attached hydrogens (tertiary/aromatic N) is 6. The van der Waals surface area contributed by atoms with Crippen LogP contribution in [-0.2, 0) is 7.05 Å². The van der Waals surface area contributed by atoms with E-state index < -0.39 is 0 Å². The Labute approximate surface area is 147 Å². The second kappa shape index (κ2) is 6.63. The largest absolute Gasteiger partial charge is 0.356 e. The fourth-order valence-electron chi connectivity index (χ4n) is 3.52. The fraction of sp³-hybridized carbons (Fsp3) is 0.368. The predicted molar refractivity (Wildman–Crippen MR) is 97.4 cm³/mol. The Balaban J connectivity index is 1.67. The minimum Gasteiger partial charge on any atom is -0.356 e. The molecule has 0 radical (unpaired) electrons. The third-order valence-corrected chi connectivity index (χ3v) is 4.97. The van der Waals surface area contributed by atoms with Gasteiger partial charge < -0.3 is 9.47 Å². The molecule has 3 aromatic rings. The van der Waals surface area contributed by atoms with E-state index in [2.05, 4.69) is 30.5 Å². The highest BCUT2D eigenvalue weighted by Gasteiger charge is 2.27. The first-order valence-corrected chi connectivity index (χ1v) is 8.69.